The molecule has 0 aromatic carbocycles. The second-order valence-electron chi connectivity index (χ2n) is 2.58. The average Bonchev–Trinajstić information content (AvgIpc) is 2.65. The van der Waals surface area contributed by atoms with Gasteiger partial charge in [-0.25, -0.2) is 4.79 Å². The van der Waals surface area contributed by atoms with Crippen LogP contribution in [0.4, 0.5) is 0 Å². The summed E-state index contributed by atoms with van der Waals surface area (Å²) in [4.78, 5) is 12.1. The van der Waals surface area contributed by atoms with Gasteiger partial charge in [0.15, 0.2) is 0 Å². The van der Waals surface area contributed by atoms with Gasteiger partial charge in [0.1, 0.15) is 0 Å². The van der Waals surface area contributed by atoms with Gasteiger partial charge in [0.2, 0.25) is 0 Å². The Morgan fingerprint density at radius 2 is 2.08 bits per heavy atom. The van der Waals surface area contributed by atoms with E-state index in [1.165, 1.54) is 7.11 Å². The molecule has 1 rings (SSSR count). The molecule has 1 heterocycles. The Hall–Kier alpha value is -0.960. The summed E-state index contributed by atoms with van der Waals surface area (Å²) in [5.41, 5.74) is 0. The highest BCUT2D eigenvalue weighted by Gasteiger charge is 2.14. The normalized spacial score (nSPS) is 18.0. The summed E-state index contributed by atoms with van der Waals surface area (Å²) in [5, 5.41) is 4.10. The van der Waals surface area contributed by atoms with Crippen LogP contribution in [0.15, 0.2) is 33.9 Å². The maximum absolute atomic E-state index is 11.3. The summed E-state index contributed by atoms with van der Waals surface area (Å²) in [6, 6.07) is 0. The van der Waals surface area contributed by atoms with Gasteiger partial charge in [0, 0.05) is 0 Å². The topological polar surface area (TPSA) is 26.3 Å². The lowest BCUT2D eigenvalue weighted by molar-refractivity contribution is -0.135. The van der Waals surface area contributed by atoms with Crippen molar-refractivity contribution in [2.75, 3.05) is 7.11 Å². The van der Waals surface area contributed by atoms with Gasteiger partial charge in [-0.1, -0.05) is 25.2 Å². The molecule has 0 saturated heterocycles. The van der Waals surface area contributed by atoms with Crippen molar-refractivity contribution in [3.05, 3.63) is 33.9 Å². The Balaban J connectivity index is 2.79. The van der Waals surface area contributed by atoms with E-state index in [4.69, 9.17) is 4.74 Å². The zero-order chi connectivity index (χ0) is 9.68. The van der Waals surface area contributed by atoms with E-state index in [2.05, 4.69) is 0 Å². The Bertz CT molecular complexity index is 265. The summed E-state index contributed by atoms with van der Waals surface area (Å²) >= 11 is 0. The standard InChI is InChI=1S/C10H14O2S/c1-3-6-9(10(11)12-2)13-7-4-5-8-13/h4-8,13H,3H2,1-2H3. The Kier molecular flexibility index (Phi) is 3.83. The van der Waals surface area contributed by atoms with E-state index in [1.54, 1.807) is 0 Å². The van der Waals surface area contributed by atoms with Gasteiger partial charge in [0.05, 0.1) is 12.0 Å². The minimum Gasteiger partial charge on any atom is -0.465 e. The van der Waals surface area contributed by atoms with Crippen molar-refractivity contribution in [1.29, 1.82) is 0 Å². The smallest absolute Gasteiger partial charge is 0.342 e. The molecule has 3 heteroatoms. The number of methoxy groups -OCH3 is 1. The summed E-state index contributed by atoms with van der Waals surface area (Å²) in [5.74, 6) is -0.204. The van der Waals surface area contributed by atoms with E-state index in [0.717, 1.165) is 11.3 Å². The highest BCUT2D eigenvalue weighted by molar-refractivity contribution is 8.26. The van der Waals surface area contributed by atoms with Gasteiger partial charge in [-0.05, 0) is 17.2 Å². The van der Waals surface area contributed by atoms with Gasteiger partial charge in [-0.2, -0.15) is 10.9 Å². The summed E-state index contributed by atoms with van der Waals surface area (Å²) < 4.78 is 4.72. The number of hydrogen-bond donors (Lipinski definition) is 1. The van der Waals surface area contributed by atoms with Crippen LogP contribution in [0.5, 0.6) is 0 Å². The Morgan fingerprint density at radius 3 is 2.54 bits per heavy atom. The number of carbonyl (C=O) groups is 1. The first-order valence-electron chi connectivity index (χ1n) is 4.21. The van der Waals surface area contributed by atoms with Crippen molar-refractivity contribution in [3.8, 4) is 0 Å². The molecule has 2 nitrogen and oxygen atoms in total. The first kappa shape index (κ1) is 10.1. The zero-order valence-electron chi connectivity index (χ0n) is 7.86. The van der Waals surface area contributed by atoms with Gasteiger partial charge in [-0.3, -0.25) is 0 Å². The maximum Gasteiger partial charge on any atom is 0.342 e. The maximum atomic E-state index is 11.3. The fourth-order valence-corrected chi connectivity index (χ4v) is 2.77. The molecule has 0 N–H and O–H groups in total. The molecule has 0 bridgehead atoms. The van der Waals surface area contributed by atoms with Crippen molar-refractivity contribution in [1.82, 2.24) is 0 Å². The molecule has 0 unspecified atom stereocenters. The lowest BCUT2D eigenvalue weighted by atomic mass is 10.4. The number of carbonyl (C=O) groups excluding carboxylic acids is 1. The van der Waals surface area contributed by atoms with E-state index < -0.39 is 10.9 Å². The molecule has 72 valence electrons. The first-order valence-corrected chi connectivity index (χ1v) is 5.69. The van der Waals surface area contributed by atoms with Crippen LogP contribution in [-0.2, 0) is 9.53 Å². The van der Waals surface area contributed by atoms with Crippen LogP contribution in [-0.4, -0.2) is 13.1 Å². The van der Waals surface area contributed by atoms with Crippen molar-refractivity contribution >= 4 is 16.9 Å². The van der Waals surface area contributed by atoms with Crippen LogP contribution in [0.3, 0.4) is 0 Å². The number of allylic oxidation sites excluding steroid dienone is 3. The number of ether oxygens (including phenoxy) is 1. The van der Waals surface area contributed by atoms with Crippen molar-refractivity contribution in [3.63, 3.8) is 0 Å². The molecule has 0 aliphatic carbocycles. The molecule has 0 aromatic rings. The minimum atomic E-state index is -0.534. The molecule has 0 spiro atoms. The fraction of sp³-hybridized carbons (Fsp3) is 0.300. The largest absolute Gasteiger partial charge is 0.465 e. The number of hydrogen-bond acceptors (Lipinski definition) is 2. The Morgan fingerprint density at radius 1 is 1.46 bits per heavy atom. The summed E-state index contributed by atoms with van der Waals surface area (Å²) in [6.07, 6.45) is 6.75. The molecular formula is C10H14O2S. The second-order valence-corrected chi connectivity index (χ2v) is 4.47. The van der Waals surface area contributed by atoms with E-state index in [-0.39, 0.29) is 5.97 Å². The van der Waals surface area contributed by atoms with Crippen molar-refractivity contribution < 1.29 is 9.53 Å². The average molecular weight is 198 g/mol. The third kappa shape index (κ3) is 2.49. The first-order chi connectivity index (χ1) is 6.29. The lowest BCUT2D eigenvalue weighted by Gasteiger charge is -2.12. The third-order valence-electron chi connectivity index (χ3n) is 1.67. The number of esters is 1. The highest BCUT2D eigenvalue weighted by Crippen LogP contribution is 2.41. The SMILES string of the molecule is CCC=C(C(=O)OC)[SH]1C=CC=C1. The lowest BCUT2D eigenvalue weighted by Crippen LogP contribution is -2.03. The summed E-state index contributed by atoms with van der Waals surface area (Å²) in [6.45, 7) is 2.02. The van der Waals surface area contributed by atoms with Gasteiger partial charge in [-0.15, -0.1) is 0 Å². The van der Waals surface area contributed by atoms with Crippen LogP contribution in [0.2, 0.25) is 0 Å². The van der Waals surface area contributed by atoms with Crippen LogP contribution in [0.1, 0.15) is 13.3 Å². The van der Waals surface area contributed by atoms with Crippen LogP contribution >= 0.6 is 10.9 Å². The van der Waals surface area contributed by atoms with E-state index in [9.17, 15) is 4.79 Å². The molecule has 0 atom stereocenters. The van der Waals surface area contributed by atoms with Gasteiger partial charge < -0.3 is 4.74 Å². The zero-order valence-corrected chi connectivity index (χ0v) is 8.75. The molecule has 13 heavy (non-hydrogen) atoms. The van der Waals surface area contributed by atoms with Crippen molar-refractivity contribution in [2.24, 2.45) is 0 Å². The fourth-order valence-electron chi connectivity index (χ4n) is 1.09. The van der Waals surface area contributed by atoms with Gasteiger partial charge in [0.25, 0.3) is 0 Å². The second kappa shape index (κ2) is 4.92. The number of rotatable bonds is 3. The molecule has 0 fully saturated rings. The Labute approximate surface area is 81.3 Å². The predicted molar refractivity (Wildman–Crippen MR) is 57.7 cm³/mol. The van der Waals surface area contributed by atoms with Gasteiger partial charge >= 0.3 is 5.97 Å². The van der Waals surface area contributed by atoms with Crippen LogP contribution in [0, 0.1) is 0 Å². The monoisotopic (exact) mass is 198 g/mol. The quantitative estimate of drug-likeness (QED) is 0.428. The number of thiol groups is 1. The summed E-state index contributed by atoms with van der Waals surface area (Å²) in [7, 11) is 0.887. The predicted octanol–water partition coefficient (Wildman–Crippen LogP) is 2.50. The minimum absolute atomic E-state index is 0.204. The molecule has 0 amide bonds. The van der Waals surface area contributed by atoms with Crippen LogP contribution < -0.4 is 0 Å². The van der Waals surface area contributed by atoms with E-state index >= 15 is 0 Å². The van der Waals surface area contributed by atoms with E-state index in [0.29, 0.717) is 0 Å². The molecule has 1 aliphatic rings. The van der Waals surface area contributed by atoms with E-state index in [1.807, 2.05) is 36.0 Å². The molecule has 1 aliphatic heterocycles. The molecule has 0 aromatic heterocycles. The molecule has 0 saturated carbocycles. The third-order valence-corrected chi connectivity index (χ3v) is 3.58. The highest BCUT2D eigenvalue weighted by atomic mass is 32.2. The molecular weight excluding hydrogens is 184 g/mol. The van der Waals surface area contributed by atoms with Crippen LogP contribution in [0.25, 0.3) is 0 Å². The molecule has 0 radical (unpaired) electrons. The van der Waals surface area contributed by atoms with Crippen molar-refractivity contribution in [2.45, 2.75) is 13.3 Å².